The standard InChI is InChI=1S/C24H25N3O2S/c1-16-11-12-30-23(16)24(28)26-15-18-14-25-22(17-7-5-4-6-8-17)20-10-9-19(29-3)13-21(20)27(18)2/h4-13,18H,14-15H2,1-3H3,(H,26,28). The number of ether oxygens (including phenoxy) is 1. The van der Waals surface area contributed by atoms with Gasteiger partial charge in [0.15, 0.2) is 0 Å². The fourth-order valence-electron chi connectivity index (χ4n) is 3.67. The highest BCUT2D eigenvalue weighted by atomic mass is 32.1. The van der Waals surface area contributed by atoms with Gasteiger partial charge in [0.1, 0.15) is 5.75 Å². The number of methoxy groups -OCH3 is 1. The first-order valence-electron chi connectivity index (χ1n) is 9.92. The van der Waals surface area contributed by atoms with Gasteiger partial charge in [0.25, 0.3) is 5.91 Å². The second kappa shape index (κ2) is 8.71. The molecule has 0 aliphatic carbocycles. The van der Waals surface area contributed by atoms with Crippen LogP contribution in [0.5, 0.6) is 5.75 Å². The van der Waals surface area contributed by atoms with Gasteiger partial charge in [0, 0.05) is 36.5 Å². The second-order valence-electron chi connectivity index (χ2n) is 7.35. The number of benzodiazepines with no additional fused rings is 1. The molecule has 1 unspecified atom stereocenters. The second-order valence-corrected chi connectivity index (χ2v) is 8.26. The predicted octanol–water partition coefficient (Wildman–Crippen LogP) is 4.15. The van der Waals surface area contributed by atoms with Crippen LogP contribution < -0.4 is 15.0 Å². The van der Waals surface area contributed by atoms with Crippen molar-refractivity contribution in [3.8, 4) is 5.75 Å². The van der Waals surface area contributed by atoms with Crippen LogP contribution in [0.4, 0.5) is 5.69 Å². The van der Waals surface area contributed by atoms with E-state index in [-0.39, 0.29) is 11.9 Å². The van der Waals surface area contributed by atoms with Gasteiger partial charge >= 0.3 is 0 Å². The van der Waals surface area contributed by atoms with Gasteiger partial charge in [-0.25, -0.2) is 0 Å². The number of thiophene rings is 1. The number of anilines is 1. The Labute approximate surface area is 181 Å². The molecule has 2 heterocycles. The predicted molar refractivity (Wildman–Crippen MR) is 124 cm³/mol. The van der Waals surface area contributed by atoms with E-state index in [0.29, 0.717) is 13.1 Å². The Morgan fingerprint density at radius 2 is 2.03 bits per heavy atom. The van der Waals surface area contributed by atoms with Crippen LogP contribution >= 0.6 is 11.3 Å². The molecular weight excluding hydrogens is 394 g/mol. The number of likely N-dealkylation sites (N-methyl/N-ethyl adjacent to an activating group) is 1. The lowest BCUT2D eigenvalue weighted by atomic mass is 10.00. The van der Waals surface area contributed by atoms with Crippen molar-refractivity contribution in [1.82, 2.24) is 5.32 Å². The van der Waals surface area contributed by atoms with Crippen molar-refractivity contribution >= 4 is 28.6 Å². The molecular formula is C24H25N3O2S. The quantitative estimate of drug-likeness (QED) is 0.676. The van der Waals surface area contributed by atoms with Crippen molar-refractivity contribution in [1.29, 1.82) is 0 Å². The van der Waals surface area contributed by atoms with E-state index in [2.05, 4.69) is 35.5 Å². The Balaban J connectivity index is 1.65. The molecule has 5 nitrogen and oxygen atoms in total. The molecule has 0 radical (unpaired) electrons. The minimum absolute atomic E-state index is 0.0290. The number of benzene rings is 2. The fraction of sp³-hybridized carbons (Fsp3) is 0.250. The molecule has 1 atom stereocenters. The Bertz CT molecular complexity index is 1080. The van der Waals surface area contributed by atoms with Crippen LogP contribution in [0.1, 0.15) is 26.4 Å². The Kier molecular flexibility index (Phi) is 5.86. The highest BCUT2D eigenvalue weighted by Gasteiger charge is 2.25. The number of nitrogens with zero attached hydrogens (tertiary/aromatic N) is 2. The van der Waals surface area contributed by atoms with Crippen molar-refractivity contribution in [2.45, 2.75) is 13.0 Å². The Morgan fingerprint density at radius 1 is 1.23 bits per heavy atom. The molecule has 6 heteroatoms. The molecule has 154 valence electrons. The van der Waals surface area contributed by atoms with E-state index in [1.54, 1.807) is 7.11 Å². The number of carbonyl (C=O) groups is 1. The van der Waals surface area contributed by atoms with Gasteiger partial charge in [0.05, 0.1) is 30.3 Å². The minimum Gasteiger partial charge on any atom is -0.497 e. The number of carbonyl (C=O) groups excluding carboxylic acids is 1. The first-order valence-corrected chi connectivity index (χ1v) is 10.8. The lowest BCUT2D eigenvalue weighted by Gasteiger charge is -2.29. The molecule has 2 aromatic carbocycles. The molecule has 0 spiro atoms. The first kappa shape index (κ1) is 20.2. The molecule has 30 heavy (non-hydrogen) atoms. The lowest BCUT2D eigenvalue weighted by Crippen LogP contribution is -2.43. The topological polar surface area (TPSA) is 53.9 Å². The van der Waals surface area contributed by atoms with Crippen molar-refractivity contribution in [3.05, 3.63) is 81.5 Å². The molecule has 0 fully saturated rings. The summed E-state index contributed by atoms with van der Waals surface area (Å²) in [5.74, 6) is 0.769. The number of hydrogen-bond donors (Lipinski definition) is 1. The maximum Gasteiger partial charge on any atom is 0.261 e. The van der Waals surface area contributed by atoms with E-state index < -0.39 is 0 Å². The van der Waals surface area contributed by atoms with E-state index in [9.17, 15) is 4.79 Å². The molecule has 0 bridgehead atoms. The number of aliphatic imine (C=N–C) groups is 1. The van der Waals surface area contributed by atoms with Crippen molar-refractivity contribution in [3.63, 3.8) is 0 Å². The van der Waals surface area contributed by atoms with Gasteiger partial charge in [-0.1, -0.05) is 30.3 Å². The molecule has 1 aliphatic heterocycles. The summed E-state index contributed by atoms with van der Waals surface area (Å²) in [4.78, 5) is 20.5. The molecule has 4 rings (SSSR count). The summed E-state index contributed by atoms with van der Waals surface area (Å²) >= 11 is 1.47. The van der Waals surface area contributed by atoms with Crippen molar-refractivity contribution in [2.24, 2.45) is 4.99 Å². The number of hydrogen-bond acceptors (Lipinski definition) is 5. The van der Waals surface area contributed by atoms with E-state index in [4.69, 9.17) is 9.73 Å². The zero-order chi connectivity index (χ0) is 21.1. The number of aryl methyl sites for hydroxylation is 1. The van der Waals surface area contributed by atoms with Gasteiger partial charge in [-0.3, -0.25) is 9.79 Å². The zero-order valence-electron chi connectivity index (χ0n) is 17.4. The smallest absolute Gasteiger partial charge is 0.261 e. The minimum atomic E-state index is -0.0294. The lowest BCUT2D eigenvalue weighted by molar-refractivity contribution is 0.0955. The van der Waals surface area contributed by atoms with E-state index in [1.165, 1.54) is 11.3 Å². The summed E-state index contributed by atoms with van der Waals surface area (Å²) in [6, 6.07) is 18.3. The molecule has 1 amide bonds. The van der Waals surface area contributed by atoms with Crippen LogP contribution in [-0.4, -0.2) is 44.9 Å². The maximum absolute atomic E-state index is 12.6. The molecule has 0 saturated heterocycles. The average molecular weight is 420 g/mol. The largest absolute Gasteiger partial charge is 0.497 e. The van der Waals surface area contributed by atoms with Crippen LogP contribution in [-0.2, 0) is 0 Å². The number of nitrogens with one attached hydrogen (secondary N) is 1. The molecule has 1 aliphatic rings. The van der Waals surface area contributed by atoms with Crippen LogP contribution in [0, 0.1) is 6.92 Å². The third kappa shape index (κ3) is 3.96. The monoisotopic (exact) mass is 419 g/mol. The number of rotatable bonds is 5. The van der Waals surface area contributed by atoms with Gasteiger partial charge in [-0.15, -0.1) is 11.3 Å². The van der Waals surface area contributed by atoms with Crippen LogP contribution in [0.15, 0.2) is 65.0 Å². The summed E-state index contributed by atoms with van der Waals surface area (Å²) in [7, 11) is 3.72. The maximum atomic E-state index is 12.6. The number of fused-ring (bicyclic) bond motifs is 1. The van der Waals surface area contributed by atoms with Gasteiger partial charge in [-0.2, -0.15) is 0 Å². The number of amides is 1. The van der Waals surface area contributed by atoms with Crippen molar-refractivity contribution < 1.29 is 9.53 Å². The van der Waals surface area contributed by atoms with Crippen molar-refractivity contribution in [2.75, 3.05) is 32.1 Å². The first-order chi connectivity index (χ1) is 14.6. The Morgan fingerprint density at radius 3 is 2.73 bits per heavy atom. The summed E-state index contributed by atoms with van der Waals surface area (Å²) in [6.45, 7) is 3.05. The van der Waals surface area contributed by atoms with E-state index >= 15 is 0 Å². The van der Waals surface area contributed by atoms with Crippen LogP contribution in [0.2, 0.25) is 0 Å². The normalized spacial score (nSPS) is 15.8. The third-order valence-electron chi connectivity index (χ3n) is 5.46. The summed E-state index contributed by atoms with van der Waals surface area (Å²) < 4.78 is 5.47. The third-order valence-corrected chi connectivity index (χ3v) is 6.48. The molecule has 1 aromatic heterocycles. The fourth-order valence-corrected chi connectivity index (χ4v) is 4.51. The summed E-state index contributed by atoms with van der Waals surface area (Å²) in [5.41, 5.74) is 5.15. The van der Waals surface area contributed by atoms with E-state index in [0.717, 1.165) is 38.7 Å². The van der Waals surface area contributed by atoms with Gasteiger partial charge in [0.2, 0.25) is 0 Å². The van der Waals surface area contributed by atoms with Gasteiger partial charge < -0.3 is 15.0 Å². The average Bonchev–Trinajstić information content (AvgIpc) is 3.16. The highest BCUT2D eigenvalue weighted by Crippen LogP contribution is 2.31. The molecule has 3 aromatic rings. The molecule has 1 N–H and O–H groups in total. The molecule has 0 saturated carbocycles. The van der Waals surface area contributed by atoms with Crippen LogP contribution in [0.3, 0.4) is 0 Å². The zero-order valence-corrected chi connectivity index (χ0v) is 18.2. The summed E-state index contributed by atoms with van der Waals surface area (Å²) in [6.07, 6.45) is 0. The Hall–Kier alpha value is -3.12. The summed E-state index contributed by atoms with van der Waals surface area (Å²) in [5, 5.41) is 5.04. The SMILES string of the molecule is COc1ccc2c(c1)N(C)C(CNC(=O)c1sccc1C)CN=C2c1ccccc1. The van der Waals surface area contributed by atoms with Gasteiger partial charge in [-0.05, 0) is 36.1 Å². The highest BCUT2D eigenvalue weighted by molar-refractivity contribution is 7.12. The van der Waals surface area contributed by atoms with E-state index in [1.807, 2.05) is 48.7 Å². The van der Waals surface area contributed by atoms with Crippen LogP contribution in [0.25, 0.3) is 0 Å².